The molecule has 0 saturated heterocycles. The van der Waals surface area contributed by atoms with E-state index in [0.717, 1.165) is 6.07 Å². The normalized spacial score (nSPS) is 26.7. The largest absolute Gasteiger partial charge is 0.487 e. The van der Waals surface area contributed by atoms with E-state index < -0.39 is 58.4 Å². The van der Waals surface area contributed by atoms with Crippen molar-refractivity contribution in [2.75, 3.05) is 13.7 Å². The molecular formula is C26H34F4N4O4. The minimum Gasteiger partial charge on any atom is -0.487 e. The van der Waals surface area contributed by atoms with Gasteiger partial charge in [0.2, 0.25) is 11.8 Å². The minimum atomic E-state index is -4.76. The number of ether oxygens (including phenoxy) is 2. The molecule has 2 aliphatic heterocycles. The van der Waals surface area contributed by atoms with Gasteiger partial charge >= 0.3 is 6.18 Å². The van der Waals surface area contributed by atoms with Crippen LogP contribution >= 0.6 is 0 Å². The molecule has 1 aromatic carbocycles. The monoisotopic (exact) mass is 542 g/mol. The Balaban J connectivity index is 1.57. The maximum Gasteiger partial charge on any atom is 0.419 e. The molecule has 3 aliphatic rings. The minimum absolute atomic E-state index is 0.0771. The van der Waals surface area contributed by atoms with Crippen LogP contribution in [0.5, 0.6) is 5.75 Å². The molecule has 2 amide bonds. The number of hydrogen-bond acceptors (Lipinski definition) is 6. The van der Waals surface area contributed by atoms with Crippen LogP contribution in [0, 0.1) is 17.7 Å². The fourth-order valence-electron chi connectivity index (χ4n) is 5.60. The number of nitrogens with one attached hydrogen (secondary N) is 1. The van der Waals surface area contributed by atoms with E-state index in [4.69, 9.17) is 15.2 Å². The predicted octanol–water partition coefficient (Wildman–Crippen LogP) is 3.93. The number of alkyl halides is 3. The zero-order valence-electron chi connectivity index (χ0n) is 22.1. The van der Waals surface area contributed by atoms with Crippen molar-refractivity contribution in [2.45, 2.75) is 82.8 Å². The number of hydrogen-bond donors (Lipinski definition) is 2. The highest BCUT2D eigenvalue weighted by molar-refractivity contribution is 5.99. The Bertz CT molecular complexity index is 1150. The maximum absolute atomic E-state index is 14.9. The van der Waals surface area contributed by atoms with Crippen molar-refractivity contribution in [3.8, 4) is 5.75 Å². The van der Waals surface area contributed by atoms with Crippen molar-refractivity contribution in [1.29, 1.82) is 0 Å². The molecule has 3 N–H and O–H groups in total. The molecule has 2 heterocycles. The highest BCUT2D eigenvalue weighted by Gasteiger charge is 2.53. The van der Waals surface area contributed by atoms with Crippen molar-refractivity contribution in [3.05, 3.63) is 29.1 Å². The average Bonchev–Trinajstić information content (AvgIpc) is 3.53. The van der Waals surface area contributed by atoms with E-state index in [-0.39, 0.29) is 36.2 Å². The summed E-state index contributed by atoms with van der Waals surface area (Å²) in [5.41, 5.74) is 3.05. The van der Waals surface area contributed by atoms with Gasteiger partial charge in [-0.1, -0.05) is 0 Å². The van der Waals surface area contributed by atoms with E-state index in [1.54, 1.807) is 13.8 Å². The second-order valence-electron chi connectivity index (χ2n) is 11.5. The van der Waals surface area contributed by atoms with E-state index in [1.807, 2.05) is 13.8 Å². The summed E-state index contributed by atoms with van der Waals surface area (Å²) >= 11 is 0. The molecule has 38 heavy (non-hydrogen) atoms. The van der Waals surface area contributed by atoms with E-state index in [9.17, 15) is 27.2 Å². The third kappa shape index (κ3) is 5.60. The van der Waals surface area contributed by atoms with Gasteiger partial charge in [0, 0.05) is 32.1 Å². The first-order valence-electron chi connectivity index (χ1n) is 12.6. The van der Waals surface area contributed by atoms with Crippen LogP contribution in [-0.2, 0) is 20.5 Å². The van der Waals surface area contributed by atoms with Gasteiger partial charge in [-0.3, -0.25) is 14.5 Å². The lowest BCUT2D eigenvalue weighted by molar-refractivity contribution is -0.140. The number of carbonyl (C=O) groups excluding carboxylic acids is 2. The molecule has 0 radical (unpaired) electrons. The second kappa shape index (κ2) is 9.69. The van der Waals surface area contributed by atoms with Gasteiger partial charge in [-0.25, -0.2) is 9.38 Å². The summed E-state index contributed by atoms with van der Waals surface area (Å²) in [6, 6.07) is -0.0695. The zero-order valence-corrected chi connectivity index (χ0v) is 22.1. The third-order valence-electron chi connectivity index (χ3n) is 7.32. The van der Waals surface area contributed by atoms with E-state index in [0.29, 0.717) is 25.5 Å². The maximum atomic E-state index is 14.9. The molecule has 1 unspecified atom stereocenters. The molecule has 1 fully saturated rings. The van der Waals surface area contributed by atoms with Gasteiger partial charge in [0.15, 0.2) is 5.96 Å². The van der Waals surface area contributed by atoms with Crippen LogP contribution in [-0.4, -0.2) is 53.6 Å². The fraction of sp³-hybridized carbons (Fsp3) is 0.654. The zero-order chi connectivity index (χ0) is 28.2. The lowest BCUT2D eigenvalue weighted by Gasteiger charge is -2.39. The van der Waals surface area contributed by atoms with Crippen LogP contribution in [0.4, 0.5) is 17.6 Å². The highest BCUT2D eigenvalue weighted by Crippen LogP contribution is 2.49. The van der Waals surface area contributed by atoms with Crippen molar-refractivity contribution in [2.24, 2.45) is 22.6 Å². The Kier molecular flexibility index (Phi) is 7.17. The molecule has 4 rings (SSSR count). The molecule has 1 saturated carbocycles. The molecule has 12 heteroatoms. The molecule has 1 aromatic rings. The van der Waals surface area contributed by atoms with Crippen molar-refractivity contribution in [1.82, 2.24) is 10.2 Å². The summed E-state index contributed by atoms with van der Waals surface area (Å²) in [5, 5.41) is 2.77. The molecule has 0 spiro atoms. The highest BCUT2D eigenvalue weighted by atomic mass is 19.4. The Morgan fingerprint density at radius 2 is 2.00 bits per heavy atom. The van der Waals surface area contributed by atoms with Crippen LogP contribution in [0.25, 0.3) is 0 Å². The first-order valence-corrected chi connectivity index (χ1v) is 12.6. The number of guanidine groups is 1. The summed E-state index contributed by atoms with van der Waals surface area (Å²) in [4.78, 5) is 32.2. The lowest BCUT2D eigenvalue weighted by Crippen LogP contribution is -2.55. The quantitative estimate of drug-likeness (QED) is 0.508. The standard InChI is InChI=1S/C26H34F4N4O4/c1-24(2)12-19(35)34(23(31)33-24)18(8-9-37-5)13-10-14(13)22(36)32-17-11-25(3,4)38-21-15(26(28,29)30)6-7-16(27)20(17)21/h6-7,13-14,17-18H,8-12H2,1-5H3,(H2,31,33)(H,32,36)/t13?,14-,17-,18-/m1/s1. The fourth-order valence-corrected chi connectivity index (χ4v) is 5.60. The van der Waals surface area contributed by atoms with Crippen LogP contribution in [0.2, 0.25) is 0 Å². The van der Waals surface area contributed by atoms with Crippen molar-refractivity contribution >= 4 is 17.8 Å². The van der Waals surface area contributed by atoms with Gasteiger partial charge < -0.3 is 20.5 Å². The van der Waals surface area contributed by atoms with Gasteiger partial charge in [0.1, 0.15) is 17.2 Å². The average molecular weight is 543 g/mol. The summed E-state index contributed by atoms with van der Waals surface area (Å²) in [5.74, 6) is -2.82. The molecule has 1 aliphatic carbocycles. The topological polar surface area (TPSA) is 106 Å². The Labute approximate surface area is 218 Å². The van der Waals surface area contributed by atoms with Crippen LogP contribution in [0.3, 0.4) is 0 Å². The summed E-state index contributed by atoms with van der Waals surface area (Å²) in [6.45, 7) is 7.12. The summed E-state index contributed by atoms with van der Waals surface area (Å²) in [6.07, 6.45) is -3.66. The van der Waals surface area contributed by atoms with E-state index in [1.165, 1.54) is 12.0 Å². The van der Waals surface area contributed by atoms with Crippen LogP contribution in [0.1, 0.15) is 70.5 Å². The third-order valence-corrected chi connectivity index (χ3v) is 7.32. The Morgan fingerprint density at radius 1 is 1.32 bits per heavy atom. The SMILES string of the molecule is COCC[C@H](C1C[C@H]1C(=O)N[C@@H]1CC(C)(C)Oc2c(C(F)(F)F)ccc(F)c21)N1C(=O)CC(C)(C)N=C1N. The smallest absolute Gasteiger partial charge is 0.419 e. The number of nitrogens with two attached hydrogens (primary N) is 1. The number of amides is 2. The van der Waals surface area contributed by atoms with E-state index >= 15 is 0 Å². The molecule has 8 nitrogen and oxygen atoms in total. The Morgan fingerprint density at radius 3 is 2.61 bits per heavy atom. The molecule has 4 atom stereocenters. The number of aliphatic imine (C=N–C) groups is 1. The van der Waals surface area contributed by atoms with Gasteiger partial charge in [-0.05, 0) is 58.6 Å². The second-order valence-corrected chi connectivity index (χ2v) is 11.5. The lowest BCUT2D eigenvalue weighted by atomic mass is 9.87. The number of methoxy groups -OCH3 is 1. The van der Waals surface area contributed by atoms with Crippen LogP contribution in [0.15, 0.2) is 17.1 Å². The first-order chi connectivity index (χ1) is 17.5. The number of carbonyl (C=O) groups is 2. The predicted molar refractivity (Wildman–Crippen MR) is 131 cm³/mol. The van der Waals surface area contributed by atoms with Crippen molar-refractivity contribution < 1.29 is 36.6 Å². The molecule has 0 aromatic heterocycles. The molecule has 0 bridgehead atoms. The number of benzene rings is 1. The molecular weight excluding hydrogens is 508 g/mol. The number of halogens is 4. The molecule has 210 valence electrons. The number of nitrogens with zero attached hydrogens (tertiary/aromatic N) is 2. The van der Waals surface area contributed by atoms with Gasteiger partial charge in [-0.2, -0.15) is 13.2 Å². The van der Waals surface area contributed by atoms with Gasteiger partial charge in [0.05, 0.1) is 29.1 Å². The number of fused-ring (bicyclic) bond motifs is 1. The van der Waals surface area contributed by atoms with E-state index in [2.05, 4.69) is 10.3 Å². The van der Waals surface area contributed by atoms with Gasteiger partial charge in [0.25, 0.3) is 0 Å². The Hall–Kier alpha value is -2.89. The summed E-state index contributed by atoms with van der Waals surface area (Å²) in [7, 11) is 1.53. The van der Waals surface area contributed by atoms with Crippen LogP contribution < -0.4 is 15.8 Å². The summed E-state index contributed by atoms with van der Waals surface area (Å²) < 4.78 is 66.6. The number of rotatable bonds is 7. The van der Waals surface area contributed by atoms with Gasteiger partial charge in [-0.15, -0.1) is 0 Å². The first kappa shape index (κ1) is 28.1. The van der Waals surface area contributed by atoms with Crippen molar-refractivity contribution in [3.63, 3.8) is 0 Å².